The SMILES string of the molecule is CCc1[nH]nc(C(=O)NC2CCCC2OC)c1N. The molecule has 6 nitrogen and oxygen atoms in total. The molecule has 2 rings (SSSR count). The summed E-state index contributed by atoms with van der Waals surface area (Å²) < 4.78 is 5.34. The number of methoxy groups -OCH3 is 1. The number of rotatable bonds is 4. The molecule has 100 valence electrons. The average Bonchev–Trinajstić information content (AvgIpc) is 2.95. The summed E-state index contributed by atoms with van der Waals surface area (Å²) in [6, 6.07) is 0.0590. The standard InChI is InChI=1S/C12H20N4O2/c1-3-7-10(13)11(16-15-7)12(17)14-8-5-4-6-9(8)18-2/h8-9H,3-6,13H2,1-2H3,(H,14,17)(H,15,16). The van der Waals surface area contributed by atoms with Gasteiger partial charge in [-0.25, -0.2) is 0 Å². The van der Waals surface area contributed by atoms with Crippen molar-refractivity contribution in [3.05, 3.63) is 11.4 Å². The number of nitrogens with one attached hydrogen (secondary N) is 2. The van der Waals surface area contributed by atoms with E-state index in [0.29, 0.717) is 5.69 Å². The summed E-state index contributed by atoms with van der Waals surface area (Å²) in [6.07, 6.45) is 3.82. The van der Waals surface area contributed by atoms with Crippen LogP contribution in [0.15, 0.2) is 0 Å². The first-order valence-electron chi connectivity index (χ1n) is 6.33. The maximum absolute atomic E-state index is 12.1. The number of nitrogens with zero attached hydrogens (tertiary/aromatic N) is 1. The van der Waals surface area contributed by atoms with E-state index in [1.807, 2.05) is 6.92 Å². The molecule has 0 aromatic carbocycles. The molecule has 2 atom stereocenters. The van der Waals surface area contributed by atoms with Crippen molar-refractivity contribution in [1.82, 2.24) is 15.5 Å². The third kappa shape index (κ3) is 2.33. The van der Waals surface area contributed by atoms with Crippen LogP contribution in [-0.4, -0.2) is 35.4 Å². The van der Waals surface area contributed by atoms with Gasteiger partial charge in [0.2, 0.25) is 0 Å². The Labute approximate surface area is 106 Å². The molecule has 1 aliphatic carbocycles. The lowest BCUT2D eigenvalue weighted by atomic mass is 10.2. The number of anilines is 1. The maximum atomic E-state index is 12.1. The second-order valence-electron chi connectivity index (χ2n) is 4.60. The van der Waals surface area contributed by atoms with E-state index in [9.17, 15) is 4.79 Å². The van der Waals surface area contributed by atoms with Crippen molar-refractivity contribution in [2.45, 2.75) is 44.8 Å². The highest BCUT2D eigenvalue weighted by Crippen LogP contribution is 2.22. The molecule has 0 radical (unpaired) electrons. The van der Waals surface area contributed by atoms with Crippen molar-refractivity contribution in [3.63, 3.8) is 0 Å². The third-order valence-corrected chi connectivity index (χ3v) is 3.52. The first-order chi connectivity index (χ1) is 8.67. The van der Waals surface area contributed by atoms with E-state index >= 15 is 0 Å². The minimum Gasteiger partial charge on any atom is -0.395 e. The van der Waals surface area contributed by atoms with Crippen LogP contribution in [0.2, 0.25) is 0 Å². The summed E-state index contributed by atoms with van der Waals surface area (Å²) in [7, 11) is 1.67. The largest absolute Gasteiger partial charge is 0.395 e. The first-order valence-corrected chi connectivity index (χ1v) is 6.33. The van der Waals surface area contributed by atoms with E-state index in [0.717, 1.165) is 31.4 Å². The Kier molecular flexibility index (Phi) is 3.86. The molecule has 0 aliphatic heterocycles. The normalized spacial score (nSPS) is 23.2. The molecule has 6 heteroatoms. The topological polar surface area (TPSA) is 93.0 Å². The van der Waals surface area contributed by atoms with E-state index in [2.05, 4.69) is 15.5 Å². The molecular weight excluding hydrogens is 232 g/mol. The molecule has 1 heterocycles. The predicted octanol–water partition coefficient (Wildman–Crippen LogP) is 0.852. The van der Waals surface area contributed by atoms with E-state index in [4.69, 9.17) is 10.5 Å². The molecule has 1 aliphatic rings. The number of carbonyl (C=O) groups is 1. The highest BCUT2D eigenvalue weighted by molar-refractivity contribution is 5.97. The molecule has 1 fully saturated rings. The van der Waals surface area contributed by atoms with Gasteiger partial charge in [-0.3, -0.25) is 9.89 Å². The average molecular weight is 252 g/mol. The van der Waals surface area contributed by atoms with Crippen molar-refractivity contribution in [2.75, 3.05) is 12.8 Å². The molecular formula is C12H20N4O2. The smallest absolute Gasteiger partial charge is 0.274 e. The highest BCUT2D eigenvalue weighted by Gasteiger charge is 2.29. The lowest BCUT2D eigenvalue weighted by Crippen LogP contribution is -2.41. The lowest BCUT2D eigenvalue weighted by molar-refractivity contribution is 0.0720. The molecule has 1 aromatic rings. The van der Waals surface area contributed by atoms with Gasteiger partial charge >= 0.3 is 0 Å². The van der Waals surface area contributed by atoms with Crippen LogP contribution in [0.1, 0.15) is 42.4 Å². The van der Waals surface area contributed by atoms with E-state index < -0.39 is 0 Å². The number of nitrogen functional groups attached to an aromatic ring is 1. The fourth-order valence-electron chi connectivity index (χ4n) is 2.44. The number of hydrogen-bond acceptors (Lipinski definition) is 4. The number of nitrogens with two attached hydrogens (primary N) is 1. The summed E-state index contributed by atoms with van der Waals surface area (Å²) in [5, 5.41) is 9.71. The second-order valence-corrected chi connectivity index (χ2v) is 4.60. The van der Waals surface area contributed by atoms with Crippen LogP contribution in [-0.2, 0) is 11.2 Å². The number of aryl methyl sites for hydroxylation is 1. The fraction of sp³-hybridized carbons (Fsp3) is 0.667. The summed E-state index contributed by atoms with van der Waals surface area (Å²) in [5.41, 5.74) is 7.40. The van der Waals surface area contributed by atoms with Crippen LogP contribution >= 0.6 is 0 Å². The predicted molar refractivity (Wildman–Crippen MR) is 68.3 cm³/mol. The molecule has 2 unspecified atom stereocenters. The molecule has 1 amide bonds. The zero-order valence-electron chi connectivity index (χ0n) is 10.8. The molecule has 0 saturated heterocycles. The summed E-state index contributed by atoms with van der Waals surface area (Å²) in [4.78, 5) is 12.1. The van der Waals surface area contributed by atoms with Gasteiger partial charge in [0.1, 0.15) is 0 Å². The number of amides is 1. The van der Waals surface area contributed by atoms with Crippen molar-refractivity contribution >= 4 is 11.6 Å². The number of carbonyl (C=O) groups excluding carboxylic acids is 1. The third-order valence-electron chi connectivity index (χ3n) is 3.52. The van der Waals surface area contributed by atoms with Gasteiger partial charge in [-0.2, -0.15) is 5.10 Å². The Morgan fingerprint density at radius 3 is 3.00 bits per heavy atom. The number of H-pyrrole nitrogens is 1. The van der Waals surface area contributed by atoms with Crippen LogP contribution in [0.25, 0.3) is 0 Å². The van der Waals surface area contributed by atoms with Crippen LogP contribution in [0.4, 0.5) is 5.69 Å². The zero-order valence-corrected chi connectivity index (χ0v) is 10.8. The van der Waals surface area contributed by atoms with Crippen molar-refractivity contribution < 1.29 is 9.53 Å². The minimum atomic E-state index is -0.225. The van der Waals surface area contributed by atoms with Gasteiger partial charge in [0.15, 0.2) is 5.69 Å². The van der Waals surface area contributed by atoms with Gasteiger partial charge in [0, 0.05) is 7.11 Å². The Hall–Kier alpha value is -1.56. The number of aromatic amines is 1. The molecule has 0 bridgehead atoms. The lowest BCUT2D eigenvalue weighted by Gasteiger charge is -2.19. The van der Waals surface area contributed by atoms with Crippen LogP contribution in [0.5, 0.6) is 0 Å². The van der Waals surface area contributed by atoms with Gasteiger partial charge in [0.05, 0.1) is 23.5 Å². The summed E-state index contributed by atoms with van der Waals surface area (Å²) in [5.74, 6) is -0.225. The van der Waals surface area contributed by atoms with Gasteiger partial charge in [0.25, 0.3) is 5.91 Å². The Morgan fingerprint density at radius 2 is 2.39 bits per heavy atom. The van der Waals surface area contributed by atoms with Crippen molar-refractivity contribution in [3.8, 4) is 0 Å². The summed E-state index contributed by atoms with van der Waals surface area (Å²) >= 11 is 0. The first kappa shape index (κ1) is 12.9. The maximum Gasteiger partial charge on any atom is 0.274 e. The molecule has 1 aromatic heterocycles. The van der Waals surface area contributed by atoms with Gasteiger partial charge in [-0.15, -0.1) is 0 Å². The number of ether oxygens (including phenoxy) is 1. The van der Waals surface area contributed by atoms with Gasteiger partial charge in [-0.05, 0) is 25.7 Å². The highest BCUT2D eigenvalue weighted by atomic mass is 16.5. The second kappa shape index (κ2) is 5.39. The van der Waals surface area contributed by atoms with E-state index in [1.165, 1.54) is 0 Å². The monoisotopic (exact) mass is 252 g/mol. The van der Waals surface area contributed by atoms with Crippen molar-refractivity contribution in [1.29, 1.82) is 0 Å². The molecule has 0 spiro atoms. The van der Waals surface area contributed by atoms with Gasteiger partial charge in [-0.1, -0.05) is 6.92 Å². The zero-order chi connectivity index (χ0) is 13.1. The molecule has 1 saturated carbocycles. The van der Waals surface area contributed by atoms with Crippen LogP contribution in [0, 0.1) is 0 Å². The fourth-order valence-corrected chi connectivity index (χ4v) is 2.44. The number of hydrogen-bond donors (Lipinski definition) is 3. The van der Waals surface area contributed by atoms with Gasteiger partial charge < -0.3 is 15.8 Å². The van der Waals surface area contributed by atoms with E-state index in [1.54, 1.807) is 7.11 Å². The van der Waals surface area contributed by atoms with Crippen LogP contribution < -0.4 is 11.1 Å². The molecule has 18 heavy (non-hydrogen) atoms. The Morgan fingerprint density at radius 1 is 1.61 bits per heavy atom. The Bertz CT molecular complexity index is 430. The van der Waals surface area contributed by atoms with Crippen molar-refractivity contribution in [2.24, 2.45) is 0 Å². The minimum absolute atomic E-state index is 0.0590. The number of aromatic nitrogens is 2. The van der Waals surface area contributed by atoms with E-state index in [-0.39, 0.29) is 23.7 Å². The molecule has 4 N–H and O–H groups in total. The Balaban J connectivity index is 2.05. The summed E-state index contributed by atoms with van der Waals surface area (Å²) in [6.45, 7) is 1.96. The van der Waals surface area contributed by atoms with Crippen LogP contribution in [0.3, 0.4) is 0 Å². The quantitative estimate of drug-likeness (QED) is 0.740.